The molecule has 0 aliphatic rings. The Labute approximate surface area is 228 Å². The predicted octanol–water partition coefficient (Wildman–Crippen LogP) is 5.96. The van der Waals surface area contributed by atoms with Gasteiger partial charge in [-0.05, 0) is 60.5 Å². The SMILES string of the molecule is O=C(O)c1ccc(NC(=O)[C@@H](Cc2ccccc2)c2ccc(-c3cc(Cl)ccc3-c3cnco3)c[n+]2[O-])cc1. The highest BCUT2D eigenvalue weighted by Crippen LogP contribution is 2.34. The maximum atomic E-state index is 13.5. The van der Waals surface area contributed by atoms with E-state index in [0.29, 0.717) is 37.9 Å². The Hall–Kier alpha value is -4.95. The lowest BCUT2D eigenvalue weighted by molar-refractivity contribution is -0.614. The number of carboxylic acid groups (broad SMARTS) is 1. The minimum atomic E-state index is -1.06. The quantitative estimate of drug-likeness (QED) is 0.185. The molecule has 0 radical (unpaired) electrons. The van der Waals surface area contributed by atoms with Crippen LogP contribution in [0.3, 0.4) is 0 Å². The van der Waals surface area contributed by atoms with E-state index in [-0.39, 0.29) is 17.7 Å². The number of nitrogens with zero attached hydrogens (tertiary/aromatic N) is 2. The molecule has 5 aromatic rings. The van der Waals surface area contributed by atoms with E-state index in [2.05, 4.69) is 10.3 Å². The number of anilines is 1. The predicted molar refractivity (Wildman–Crippen MR) is 146 cm³/mol. The van der Waals surface area contributed by atoms with Crippen molar-refractivity contribution < 1.29 is 23.8 Å². The number of oxazole rings is 1. The third-order valence-corrected chi connectivity index (χ3v) is 6.53. The van der Waals surface area contributed by atoms with Gasteiger partial charge in [0.2, 0.25) is 11.6 Å². The van der Waals surface area contributed by atoms with Gasteiger partial charge in [0.05, 0.1) is 11.8 Å². The monoisotopic (exact) mass is 539 g/mol. The Bertz CT molecular complexity index is 1620. The molecule has 0 bridgehead atoms. The van der Waals surface area contributed by atoms with Crippen molar-refractivity contribution in [1.29, 1.82) is 0 Å². The van der Waals surface area contributed by atoms with E-state index >= 15 is 0 Å². The second-order valence-electron chi connectivity index (χ2n) is 8.84. The van der Waals surface area contributed by atoms with Crippen LogP contribution in [0.25, 0.3) is 22.5 Å². The molecule has 0 unspecified atom stereocenters. The van der Waals surface area contributed by atoms with Gasteiger partial charge in [-0.15, -0.1) is 0 Å². The number of halogens is 1. The van der Waals surface area contributed by atoms with Crippen molar-refractivity contribution in [3.63, 3.8) is 0 Å². The molecular formula is C30H22ClN3O5. The minimum Gasteiger partial charge on any atom is -0.618 e. The zero-order chi connectivity index (χ0) is 27.4. The van der Waals surface area contributed by atoms with E-state index in [1.54, 1.807) is 36.5 Å². The molecule has 1 amide bonds. The highest BCUT2D eigenvalue weighted by Gasteiger charge is 2.29. The first-order chi connectivity index (χ1) is 18.9. The minimum absolute atomic E-state index is 0.104. The van der Waals surface area contributed by atoms with Crippen LogP contribution in [0.1, 0.15) is 27.5 Å². The molecule has 0 fully saturated rings. The van der Waals surface area contributed by atoms with Gasteiger partial charge in [-0.1, -0.05) is 41.9 Å². The molecule has 194 valence electrons. The Kier molecular flexibility index (Phi) is 7.38. The molecule has 0 saturated carbocycles. The van der Waals surface area contributed by atoms with Gasteiger partial charge in [-0.25, -0.2) is 9.78 Å². The molecule has 39 heavy (non-hydrogen) atoms. The largest absolute Gasteiger partial charge is 0.618 e. The maximum Gasteiger partial charge on any atom is 0.335 e. The highest BCUT2D eigenvalue weighted by molar-refractivity contribution is 6.31. The fourth-order valence-corrected chi connectivity index (χ4v) is 4.52. The molecule has 0 aliphatic carbocycles. The van der Waals surface area contributed by atoms with Crippen molar-refractivity contribution in [2.45, 2.75) is 12.3 Å². The van der Waals surface area contributed by atoms with Crippen LogP contribution in [-0.2, 0) is 11.2 Å². The lowest BCUT2D eigenvalue weighted by Crippen LogP contribution is -2.38. The van der Waals surface area contributed by atoms with Crippen LogP contribution in [0.5, 0.6) is 0 Å². The summed E-state index contributed by atoms with van der Waals surface area (Å²) in [5.41, 5.74) is 3.65. The van der Waals surface area contributed by atoms with E-state index in [9.17, 15) is 14.8 Å². The van der Waals surface area contributed by atoms with E-state index < -0.39 is 17.8 Å². The number of carbonyl (C=O) groups excluding carboxylic acids is 1. The second-order valence-corrected chi connectivity index (χ2v) is 9.27. The van der Waals surface area contributed by atoms with E-state index in [1.165, 1.54) is 36.9 Å². The standard InChI is InChI=1S/C30H22ClN3O5/c31-22-9-12-24(28-16-32-18-39-28)25(15-22)21-8-13-27(34(38)17-21)26(14-19-4-2-1-3-5-19)29(35)33-23-10-6-20(7-11-23)30(36)37/h1-13,15-18,26H,14H2,(H,33,35)(H,36,37)/t26-/m0/s1. The molecule has 5 rings (SSSR count). The smallest absolute Gasteiger partial charge is 0.335 e. The number of aromatic carboxylic acids is 1. The van der Waals surface area contributed by atoms with Gasteiger partial charge in [-0.3, -0.25) is 4.79 Å². The normalized spacial score (nSPS) is 11.6. The van der Waals surface area contributed by atoms with Crippen LogP contribution >= 0.6 is 11.6 Å². The Morgan fingerprint density at radius 2 is 1.77 bits per heavy atom. The summed E-state index contributed by atoms with van der Waals surface area (Å²) in [4.78, 5) is 28.6. The van der Waals surface area contributed by atoms with Crippen LogP contribution in [0.15, 0.2) is 108 Å². The van der Waals surface area contributed by atoms with Gasteiger partial charge in [0.1, 0.15) is 5.92 Å². The fourth-order valence-electron chi connectivity index (χ4n) is 4.35. The van der Waals surface area contributed by atoms with Crippen molar-refractivity contribution in [2.24, 2.45) is 0 Å². The first kappa shape index (κ1) is 25.7. The molecule has 0 aliphatic heterocycles. The lowest BCUT2D eigenvalue weighted by Gasteiger charge is -2.18. The number of aromatic nitrogens is 2. The molecule has 2 heterocycles. The van der Waals surface area contributed by atoms with Crippen molar-refractivity contribution in [3.8, 4) is 22.5 Å². The van der Waals surface area contributed by atoms with Crippen LogP contribution in [-0.4, -0.2) is 22.0 Å². The van der Waals surface area contributed by atoms with E-state index in [0.717, 1.165) is 5.56 Å². The van der Waals surface area contributed by atoms with Crippen molar-refractivity contribution >= 4 is 29.2 Å². The lowest BCUT2D eigenvalue weighted by atomic mass is 9.93. The topological polar surface area (TPSA) is 119 Å². The van der Waals surface area contributed by atoms with Crippen LogP contribution in [0.4, 0.5) is 5.69 Å². The number of pyridine rings is 1. The Morgan fingerprint density at radius 3 is 2.44 bits per heavy atom. The third-order valence-electron chi connectivity index (χ3n) is 6.29. The van der Waals surface area contributed by atoms with Crippen LogP contribution in [0.2, 0.25) is 5.02 Å². The van der Waals surface area contributed by atoms with Crippen molar-refractivity contribution in [3.05, 3.63) is 131 Å². The summed E-state index contributed by atoms with van der Waals surface area (Å²) < 4.78 is 6.16. The zero-order valence-corrected chi connectivity index (χ0v) is 21.2. The summed E-state index contributed by atoms with van der Waals surface area (Å²) in [5, 5.41) is 25.9. The molecule has 1 atom stereocenters. The number of hydrogen-bond acceptors (Lipinski definition) is 5. The zero-order valence-electron chi connectivity index (χ0n) is 20.5. The summed E-state index contributed by atoms with van der Waals surface area (Å²) in [6.45, 7) is 0. The van der Waals surface area contributed by atoms with Gasteiger partial charge < -0.3 is 20.0 Å². The summed E-state index contributed by atoms with van der Waals surface area (Å²) >= 11 is 6.27. The molecule has 0 saturated heterocycles. The summed E-state index contributed by atoms with van der Waals surface area (Å²) in [6.07, 6.45) is 4.60. The third kappa shape index (κ3) is 5.81. The number of nitrogens with one attached hydrogen (secondary N) is 1. The second kappa shape index (κ2) is 11.2. The first-order valence-corrected chi connectivity index (χ1v) is 12.4. The van der Waals surface area contributed by atoms with Gasteiger partial charge in [0.15, 0.2) is 18.4 Å². The molecule has 2 aromatic heterocycles. The van der Waals surface area contributed by atoms with E-state index in [4.69, 9.17) is 21.1 Å². The fraction of sp³-hybridized carbons (Fsp3) is 0.0667. The Balaban J connectivity index is 1.50. The first-order valence-electron chi connectivity index (χ1n) is 12.0. The highest BCUT2D eigenvalue weighted by atomic mass is 35.5. The number of rotatable bonds is 8. The average Bonchev–Trinajstić information content (AvgIpc) is 3.48. The summed E-state index contributed by atoms with van der Waals surface area (Å²) in [5.74, 6) is -1.76. The summed E-state index contributed by atoms with van der Waals surface area (Å²) in [7, 11) is 0. The molecule has 2 N–H and O–H groups in total. The molecular weight excluding hydrogens is 518 g/mol. The number of hydrogen-bond donors (Lipinski definition) is 2. The van der Waals surface area contributed by atoms with Crippen molar-refractivity contribution in [1.82, 2.24) is 4.98 Å². The Morgan fingerprint density at radius 1 is 1.00 bits per heavy atom. The van der Waals surface area contributed by atoms with E-state index in [1.807, 2.05) is 30.3 Å². The number of amides is 1. The molecule has 8 nitrogen and oxygen atoms in total. The molecule has 9 heteroatoms. The number of carboxylic acids is 1. The van der Waals surface area contributed by atoms with Crippen molar-refractivity contribution in [2.75, 3.05) is 5.32 Å². The van der Waals surface area contributed by atoms with Gasteiger partial charge in [-0.2, -0.15) is 4.73 Å². The van der Waals surface area contributed by atoms with Gasteiger partial charge in [0, 0.05) is 33.5 Å². The number of carbonyl (C=O) groups is 2. The van der Waals surface area contributed by atoms with Gasteiger partial charge >= 0.3 is 5.97 Å². The van der Waals surface area contributed by atoms with Crippen LogP contribution < -0.4 is 10.0 Å². The number of benzene rings is 3. The molecule has 3 aromatic carbocycles. The summed E-state index contributed by atoms with van der Waals surface area (Å²) in [6, 6.07) is 23.9. The average molecular weight is 540 g/mol. The van der Waals surface area contributed by atoms with Crippen LogP contribution in [0, 0.1) is 5.21 Å². The maximum absolute atomic E-state index is 13.5. The molecule has 0 spiro atoms. The van der Waals surface area contributed by atoms with Gasteiger partial charge in [0.25, 0.3) is 0 Å².